The summed E-state index contributed by atoms with van der Waals surface area (Å²) >= 11 is 0. The van der Waals surface area contributed by atoms with Crippen molar-refractivity contribution < 1.29 is 22.8 Å². The summed E-state index contributed by atoms with van der Waals surface area (Å²) in [6.45, 7) is 1.51. The summed E-state index contributed by atoms with van der Waals surface area (Å²) in [4.78, 5) is 44.2. The van der Waals surface area contributed by atoms with Gasteiger partial charge in [0.2, 0.25) is 5.91 Å². The van der Waals surface area contributed by atoms with E-state index in [0.29, 0.717) is 55.8 Å². The van der Waals surface area contributed by atoms with Crippen LogP contribution in [0.25, 0.3) is 22.8 Å². The number of halogens is 3. The van der Waals surface area contributed by atoms with Gasteiger partial charge < -0.3 is 15.1 Å². The molecular weight excluding hydrogens is 601 g/mol. The van der Waals surface area contributed by atoms with Crippen molar-refractivity contribution in [2.24, 2.45) is 7.05 Å². The first kappa shape index (κ1) is 32.2. The van der Waals surface area contributed by atoms with Gasteiger partial charge in [-0.3, -0.25) is 19.1 Å². The lowest BCUT2D eigenvalue weighted by Crippen LogP contribution is -2.47. The average Bonchev–Trinajstić information content (AvgIpc) is 3.61. The molecule has 1 saturated heterocycles. The molecule has 1 aliphatic heterocycles. The zero-order valence-electron chi connectivity index (χ0n) is 25.6. The second kappa shape index (κ2) is 13.1. The number of piperidine rings is 1. The second-order valence-corrected chi connectivity index (χ2v) is 11.4. The molecule has 4 aromatic rings. The molecule has 0 radical (unpaired) electrons. The quantitative estimate of drug-likeness (QED) is 0.316. The van der Waals surface area contributed by atoms with Crippen molar-refractivity contribution in [1.82, 2.24) is 34.3 Å². The Bertz CT molecular complexity index is 1840. The van der Waals surface area contributed by atoms with Gasteiger partial charge in [0.25, 0.3) is 11.5 Å². The number of carbonyl (C=O) groups excluding carboxylic acids is 2. The maximum atomic E-state index is 14.0. The Labute approximate surface area is 263 Å². The van der Waals surface area contributed by atoms with Crippen LogP contribution >= 0.6 is 0 Å². The Morgan fingerprint density at radius 3 is 2.39 bits per heavy atom. The molecule has 46 heavy (non-hydrogen) atoms. The maximum absolute atomic E-state index is 14.0. The van der Waals surface area contributed by atoms with E-state index in [1.807, 2.05) is 25.1 Å². The number of nitrogens with zero attached hydrogens (tertiary/aromatic N) is 7. The van der Waals surface area contributed by atoms with E-state index in [4.69, 9.17) is 0 Å². The summed E-state index contributed by atoms with van der Waals surface area (Å²) in [6.07, 6.45) is -1.83. The van der Waals surface area contributed by atoms with Gasteiger partial charge in [0.1, 0.15) is 11.3 Å². The van der Waals surface area contributed by atoms with Gasteiger partial charge in [-0.15, -0.1) is 0 Å². The fraction of sp³-hybridized carbons (Fsp3) is 0.344. The van der Waals surface area contributed by atoms with Crippen molar-refractivity contribution in [1.29, 1.82) is 5.26 Å². The number of nitriles is 1. The van der Waals surface area contributed by atoms with Crippen LogP contribution in [0.1, 0.15) is 40.7 Å². The molecule has 1 N–H and O–H groups in total. The molecule has 0 bridgehead atoms. The topological polar surface area (TPSA) is 121 Å². The number of nitrogens with one attached hydrogen (secondary N) is 1. The van der Waals surface area contributed by atoms with Crippen LogP contribution in [0.4, 0.5) is 13.2 Å². The van der Waals surface area contributed by atoms with Gasteiger partial charge in [-0.2, -0.15) is 23.5 Å². The van der Waals surface area contributed by atoms with Gasteiger partial charge in [0, 0.05) is 39.1 Å². The Morgan fingerprint density at radius 2 is 1.76 bits per heavy atom. The normalized spacial score (nSPS) is 14.0. The number of rotatable bonds is 8. The SMILES string of the molecule is CN(C)CCC(=O)N1CCC(NC(=O)c2c(-c3ccnn3-c3ccc(C#N)cc3)n(C)n(-c3cccc(C(F)(F)F)c3)c2=O)CC1. The molecule has 1 fully saturated rings. The lowest BCUT2D eigenvalue weighted by atomic mass is 10.0. The highest BCUT2D eigenvalue weighted by Crippen LogP contribution is 2.31. The molecule has 2 aromatic heterocycles. The van der Waals surface area contributed by atoms with Crippen molar-refractivity contribution in [2.75, 3.05) is 33.7 Å². The van der Waals surface area contributed by atoms with Crippen molar-refractivity contribution in [3.8, 4) is 28.8 Å². The number of alkyl halides is 3. The number of amides is 2. The first-order valence-corrected chi connectivity index (χ1v) is 14.7. The maximum Gasteiger partial charge on any atom is 0.416 e. The molecule has 0 atom stereocenters. The zero-order valence-corrected chi connectivity index (χ0v) is 25.6. The Morgan fingerprint density at radius 1 is 1.07 bits per heavy atom. The smallest absolute Gasteiger partial charge is 0.349 e. The third-order valence-corrected chi connectivity index (χ3v) is 7.99. The molecule has 3 heterocycles. The predicted molar refractivity (Wildman–Crippen MR) is 164 cm³/mol. The third-order valence-electron chi connectivity index (χ3n) is 7.99. The van der Waals surface area contributed by atoms with E-state index < -0.39 is 23.2 Å². The van der Waals surface area contributed by atoms with E-state index in [1.54, 1.807) is 35.2 Å². The second-order valence-electron chi connectivity index (χ2n) is 11.4. The van der Waals surface area contributed by atoms with Gasteiger partial charge in [0.05, 0.1) is 40.5 Å². The fourth-order valence-electron chi connectivity index (χ4n) is 5.58. The van der Waals surface area contributed by atoms with E-state index in [1.165, 1.54) is 34.7 Å². The molecule has 14 heteroatoms. The summed E-state index contributed by atoms with van der Waals surface area (Å²) < 4.78 is 44.7. The van der Waals surface area contributed by atoms with Gasteiger partial charge in [-0.25, -0.2) is 9.36 Å². The van der Waals surface area contributed by atoms with Crippen molar-refractivity contribution in [3.05, 3.63) is 87.8 Å². The summed E-state index contributed by atoms with van der Waals surface area (Å²) in [7, 11) is 5.28. The Hall–Kier alpha value is -5.16. The van der Waals surface area contributed by atoms with Gasteiger partial charge in [-0.1, -0.05) is 6.07 Å². The van der Waals surface area contributed by atoms with Crippen LogP contribution in [0.3, 0.4) is 0 Å². The van der Waals surface area contributed by atoms with Crippen molar-refractivity contribution in [2.45, 2.75) is 31.5 Å². The number of likely N-dealkylation sites (tertiary alicyclic amines) is 1. The third kappa shape index (κ3) is 6.59. The van der Waals surface area contributed by atoms with E-state index in [2.05, 4.69) is 10.4 Å². The molecule has 2 aromatic carbocycles. The van der Waals surface area contributed by atoms with Crippen LogP contribution < -0.4 is 10.9 Å². The van der Waals surface area contributed by atoms with E-state index in [9.17, 15) is 32.8 Å². The number of carbonyl (C=O) groups is 2. The first-order valence-electron chi connectivity index (χ1n) is 14.7. The van der Waals surface area contributed by atoms with Crippen LogP contribution in [0.5, 0.6) is 0 Å². The highest BCUT2D eigenvalue weighted by Gasteiger charge is 2.33. The van der Waals surface area contributed by atoms with Crippen LogP contribution in [0.2, 0.25) is 0 Å². The monoisotopic (exact) mass is 634 g/mol. The lowest BCUT2D eigenvalue weighted by molar-refractivity contribution is -0.137. The highest BCUT2D eigenvalue weighted by atomic mass is 19.4. The Kier molecular flexibility index (Phi) is 9.15. The number of hydrogen-bond donors (Lipinski definition) is 1. The van der Waals surface area contributed by atoms with Crippen molar-refractivity contribution >= 4 is 11.8 Å². The summed E-state index contributed by atoms with van der Waals surface area (Å²) in [5, 5.41) is 16.5. The molecule has 0 saturated carbocycles. The van der Waals surface area contributed by atoms with E-state index in [-0.39, 0.29) is 28.9 Å². The highest BCUT2D eigenvalue weighted by molar-refractivity contribution is 6.00. The number of benzene rings is 2. The van der Waals surface area contributed by atoms with Gasteiger partial charge in [0.15, 0.2) is 0 Å². The van der Waals surface area contributed by atoms with Crippen LogP contribution in [0.15, 0.2) is 65.6 Å². The average molecular weight is 635 g/mol. The summed E-state index contributed by atoms with van der Waals surface area (Å²) in [6, 6.07) is 14.1. The van der Waals surface area contributed by atoms with E-state index >= 15 is 0 Å². The van der Waals surface area contributed by atoms with Crippen LogP contribution in [0, 0.1) is 11.3 Å². The molecule has 240 valence electrons. The van der Waals surface area contributed by atoms with Crippen LogP contribution in [-0.4, -0.2) is 80.5 Å². The minimum atomic E-state index is -4.65. The molecule has 0 aliphatic carbocycles. The zero-order chi connectivity index (χ0) is 33.2. The van der Waals surface area contributed by atoms with Gasteiger partial charge >= 0.3 is 6.18 Å². The molecule has 0 spiro atoms. The molecule has 1 aliphatic rings. The fourth-order valence-corrected chi connectivity index (χ4v) is 5.58. The summed E-state index contributed by atoms with van der Waals surface area (Å²) in [5.74, 6) is -0.657. The number of aromatic nitrogens is 4. The predicted octanol–water partition coefficient (Wildman–Crippen LogP) is 3.59. The molecule has 2 amide bonds. The minimum absolute atomic E-state index is 0.0314. The Balaban J connectivity index is 1.53. The largest absolute Gasteiger partial charge is 0.416 e. The first-order chi connectivity index (χ1) is 21.9. The lowest BCUT2D eigenvalue weighted by Gasteiger charge is -2.32. The molecular formula is C32H33F3N8O3. The summed E-state index contributed by atoms with van der Waals surface area (Å²) in [5.41, 5.74) is -0.656. The number of hydrogen-bond acceptors (Lipinski definition) is 6. The molecule has 5 rings (SSSR count). The minimum Gasteiger partial charge on any atom is -0.349 e. The molecule has 0 unspecified atom stereocenters. The van der Waals surface area contributed by atoms with Gasteiger partial charge in [-0.05, 0) is 75.5 Å². The molecule has 11 nitrogen and oxygen atoms in total. The van der Waals surface area contributed by atoms with Crippen LogP contribution in [-0.2, 0) is 18.0 Å². The van der Waals surface area contributed by atoms with E-state index in [0.717, 1.165) is 16.8 Å². The standard InChI is InChI=1S/C32H33F3N8O3/c1-39(2)16-14-27(44)41-17-12-23(13-18-41)38-30(45)28-29(26-11-15-37-42(26)24-9-7-21(20-36)8-10-24)40(3)43(31(28)46)25-6-4-5-22(19-25)32(33,34)35/h4-11,15,19,23H,12-14,16-18H2,1-3H3,(H,38,45). The van der Waals surface area contributed by atoms with Crippen molar-refractivity contribution in [3.63, 3.8) is 0 Å².